The van der Waals surface area contributed by atoms with Crippen LogP contribution in [-0.2, 0) is 14.4 Å². The summed E-state index contributed by atoms with van der Waals surface area (Å²) in [6, 6.07) is 14.2. The predicted octanol–water partition coefficient (Wildman–Crippen LogP) is 5.50. The third kappa shape index (κ3) is 5.21. The molecule has 3 heterocycles. The number of thioether (sulfide) groups is 1. The molecule has 2 bridgehead atoms. The summed E-state index contributed by atoms with van der Waals surface area (Å²) in [7, 11) is 0. The second-order valence-electron chi connectivity index (χ2n) is 11.7. The number of benzene rings is 2. The van der Waals surface area contributed by atoms with E-state index in [2.05, 4.69) is 20.1 Å². The van der Waals surface area contributed by atoms with Gasteiger partial charge in [0.2, 0.25) is 11.8 Å². The molecule has 0 saturated carbocycles. The lowest BCUT2D eigenvalue weighted by Gasteiger charge is -2.41. The number of likely N-dealkylation sites (tertiary alicyclic amines) is 1. The van der Waals surface area contributed by atoms with Gasteiger partial charge in [-0.15, -0.1) is 24.9 Å². The van der Waals surface area contributed by atoms with Crippen molar-refractivity contribution in [1.82, 2.24) is 4.90 Å². The largest absolute Gasteiger partial charge is 0.396 e. The summed E-state index contributed by atoms with van der Waals surface area (Å²) in [4.78, 5) is 49.0. The molecule has 9 heteroatoms. The first-order chi connectivity index (χ1) is 20.7. The first kappa shape index (κ1) is 31.4. The number of carbonyl (C=O) groups excluding carboxylic acids is 3. The summed E-state index contributed by atoms with van der Waals surface area (Å²) in [5.74, 6) is -1.66. The standard InChI is InChI=1S/C34H40ClN3O4S/c1-5-17-36(24-14-8-7-9-15-24)31(40)27-26-21-23(4)34(43-26)28(27)32(41)38(19-10-11-20-39)30(34)33(42)37(18-6-2)29-22(3)13-12-16-25(29)35/h5-9,12-16,23,26-28,30,39H,1-2,10-11,17-21H2,3-4H3/t23?,26-,27+,28-,30?,34?/m0/s1. The van der Waals surface area contributed by atoms with E-state index < -0.39 is 22.6 Å². The molecule has 228 valence electrons. The maximum absolute atomic E-state index is 14.9. The zero-order valence-corrected chi connectivity index (χ0v) is 26.4. The molecule has 1 spiro atoms. The van der Waals surface area contributed by atoms with Crippen LogP contribution >= 0.6 is 23.4 Å². The fourth-order valence-corrected chi connectivity index (χ4v) is 10.2. The molecule has 5 rings (SSSR count). The fraction of sp³-hybridized carbons (Fsp3) is 0.441. The second kappa shape index (κ2) is 12.9. The number of hydrogen-bond acceptors (Lipinski definition) is 5. The van der Waals surface area contributed by atoms with Crippen LogP contribution < -0.4 is 9.80 Å². The molecule has 7 nitrogen and oxygen atoms in total. The first-order valence-electron chi connectivity index (χ1n) is 15.0. The Bertz CT molecular complexity index is 1380. The third-order valence-electron chi connectivity index (χ3n) is 9.25. The molecule has 2 aromatic carbocycles. The number of amides is 3. The summed E-state index contributed by atoms with van der Waals surface area (Å²) in [5, 5.41) is 9.89. The zero-order valence-electron chi connectivity index (χ0n) is 24.8. The molecular weight excluding hydrogens is 582 g/mol. The van der Waals surface area contributed by atoms with Gasteiger partial charge in [0.05, 0.1) is 27.3 Å². The van der Waals surface area contributed by atoms with Gasteiger partial charge in [0.25, 0.3) is 5.91 Å². The highest BCUT2D eigenvalue weighted by atomic mass is 35.5. The Morgan fingerprint density at radius 2 is 1.77 bits per heavy atom. The predicted molar refractivity (Wildman–Crippen MR) is 174 cm³/mol. The summed E-state index contributed by atoms with van der Waals surface area (Å²) >= 11 is 8.34. The highest BCUT2D eigenvalue weighted by Crippen LogP contribution is 2.69. The topological polar surface area (TPSA) is 81.2 Å². The maximum atomic E-state index is 14.9. The minimum Gasteiger partial charge on any atom is -0.396 e. The number of aryl methyl sites for hydroxylation is 1. The average molecular weight is 622 g/mol. The maximum Gasteiger partial charge on any atom is 0.251 e. The van der Waals surface area contributed by atoms with E-state index in [1.165, 1.54) is 0 Å². The Kier molecular flexibility index (Phi) is 9.40. The van der Waals surface area contributed by atoms with Crippen molar-refractivity contribution < 1.29 is 19.5 Å². The lowest BCUT2D eigenvalue weighted by atomic mass is 9.65. The number of anilines is 2. The van der Waals surface area contributed by atoms with Gasteiger partial charge < -0.3 is 19.8 Å². The van der Waals surface area contributed by atoms with Crippen LogP contribution in [0.2, 0.25) is 5.02 Å². The Labute approximate surface area is 263 Å². The van der Waals surface area contributed by atoms with E-state index in [1.54, 1.807) is 44.7 Å². The number of rotatable bonds is 12. The highest BCUT2D eigenvalue weighted by molar-refractivity contribution is 8.02. The van der Waals surface area contributed by atoms with Crippen molar-refractivity contribution in [3.63, 3.8) is 0 Å². The molecule has 3 fully saturated rings. The minimum atomic E-state index is -0.785. The molecule has 0 aliphatic carbocycles. The molecule has 43 heavy (non-hydrogen) atoms. The van der Waals surface area contributed by atoms with E-state index in [0.717, 1.165) is 17.7 Å². The lowest BCUT2D eigenvalue weighted by Crippen LogP contribution is -2.58. The van der Waals surface area contributed by atoms with Gasteiger partial charge >= 0.3 is 0 Å². The van der Waals surface area contributed by atoms with Crippen LogP contribution in [0, 0.1) is 24.7 Å². The molecule has 3 aliphatic heterocycles. The normalized spacial score (nSPS) is 27.2. The number of aliphatic hydroxyl groups is 1. The Morgan fingerprint density at radius 3 is 2.42 bits per heavy atom. The lowest BCUT2D eigenvalue weighted by molar-refractivity contribution is -0.139. The highest BCUT2D eigenvalue weighted by Gasteiger charge is 2.76. The third-order valence-corrected chi connectivity index (χ3v) is 11.6. The molecule has 0 aromatic heterocycles. The van der Waals surface area contributed by atoms with Crippen LogP contribution in [0.3, 0.4) is 0 Å². The monoisotopic (exact) mass is 621 g/mol. The van der Waals surface area contributed by atoms with Crippen LogP contribution in [0.1, 0.15) is 31.7 Å². The van der Waals surface area contributed by atoms with Crippen molar-refractivity contribution in [3.8, 4) is 0 Å². The number of nitrogens with zero attached hydrogens (tertiary/aromatic N) is 3. The summed E-state index contributed by atoms with van der Waals surface area (Å²) in [6.07, 6.45) is 5.17. The molecule has 3 saturated heterocycles. The number of halogens is 1. The van der Waals surface area contributed by atoms with Crippen molar-refractivity contribution in [2.45, 2.75) is 49.1 Å². The molecule has 0 radical (unpaired) electrons. The van der Waals surface area contributed by atoms with E-state index in [0.29, 0.717) is 36.6 Å². The number of unbranched alkanes of at least 4 members (excludes halogenated alkanes) is 1. The van der Waals surface area contributed by atoms with E-state index in [9.17, 15) is 19.5 Å². The zero-order chi connectivity index (χ0) is 30.9. The van der Waals surface area contributed by atoms with Crippen molar-refractivity contribution >= 4 is 52.5 Å². The van der Waals surface area contributed by atoms with Crippen molar-refractivity contribution in [1.29, 1.82) is 0 Å². The molecule has 6 atom stereocenters. The van der Waals surface area contributed by atoms with Gasteiger partial charge in [-0.1, -0.05) is 61.0 Å². The smallest absolute Gasteiger partial charge is 0.251 e. The molecule has 3 aliphatic rings. The Balaban J connectivity index is 1.60. The first-order valence-corrected chi connectivity index (χ1v) is 16.2. The molecule has 1 N–H and O–H groups in total. The van der Waals surface area contributed by atoms with Crippen molar-refractivity contribution in [3.05, 3.63) is 84.4 Å². The number of carbonyl (C=O) groups is 3. The van der Waals surface area contributed by atoms with Crippen LogP contribution in [0.4, 0.5) is 11.4 Å². The Morgan fingerprint density at radius 1 is 1.07 bits per heavy atom. The van der Waals surface area contributed by atoms with Gasteiger partial charge in [-0.3, -0.25) is 14.4 Å². The second-order valence-corrected chi connectivity index (χ2v) is 13.7. The average Bonchev–Trinajstić information content (AvgIpc) is 3.59. The van der Waals surface area contributed by atoms with E-state index in [1.807, 2.05) is 49.4 Å². The summed E-state index contributed by atoms with van der Waals surface area (Å²) < 4.78 is -0.774. The SMILES string of the molecule is C=CCN(C(=O)[C@@H]1[C@@H]2CC(C)C3(S2)C(C(=O)N(CC=C)c2c(C)cccc2Cl)N(CCCCO)C(=O)[C@H]13)c1ccccc1. The molecule has 3 amide bonds. The van der Waals surface area contributed by atoms with E-state index >= 15 is 0 Å². The number of para-hydroxylation sites is 2. The van der Waals surface area contributed by atoms with Crippen LogP contribution in [0.5, 0.6) is 0 Å². The number of fused-ring (bicyclic) bond motifs is 1. The fourth-order valence-electron chi connectivity index (χ4n) is 7.49. The van der Waals surface area contributed by atoms with Gasteiger partial charge in [-0.2, -0.15) is 0 Å². The molecule has 3 unspecified atom stereocenters. The number of hydrogen-bond donors (Lipinski definition) is 1. The number of aliphatic hydroxyl groups excluding tert-OH is 1. The molecule has 2 aromatic rings. The minimum absolute atomic E-state index is 0.00144. The van der Waals surface area contributed by atoms with Crippen molar-refractivity contribution in [2.24, 2.45) is 17.8 Å². The van der Waals surface area contributed by atoms with Crippen LogP contribution in [0.15, 0.2) is 73.8 Å². The summed E-state index contributed by atoms with van der Waals surface area (Å²) in [5.41, 5.74) is 2.21. The van der Waals surface area contributed by atoms with Gasteiger partial charge in [0.1, 0.15) is 6.04 Å². The summed E-state index contributed by atoms with van der Waals surface area (Å²) in [6.45, 7) is 12.7. The van der Waals surface area contributed by atoms with Gasteiger partial charge in [0, 0.05) is 37.2 Å². The van der Waals surface area contributed by atoms with Gasteiger partial charge in [-0.05, 0) is 55.9 Å². The van der Waals surface area contributed by atoms with E-state index in [4.69, 9.17) is 11.6 Å². The van der Waals surface area contributed by atoms with Crippen molar-refractivity contribution in [2.75, 3.05) is 36.0 Å². The molecular formula is C34H40ClN3O4S. The van der Waals surface area contributed by atoms with Gasteiger partial charge in [0.15, 0.2) is 0 Å². The van der Waals surface area contributed by atoms with Crippen LogP contribution in [0.25, 0.3) is 0 Å². The Hall–Kier alpha value is -3.07. The quantitative estimate of drug-likeness (QED) is 0.250. The van der Waals surface area contributed by atoms with Gasteiger partial charge in [-0.25, -0.2) is 0 Å². The van der Waals surface area contributed by atoms with Crippen LogP contribution in [-0.4, -0.2) is 70.0 Å². The van der Waals surface area contributed by atoms with E-state index in [-0.39, 0.29) is 42.0 Å².